The number of hydrogen-bond donors (Lipinski definition) is 1. The molecule has 0 saturated carbocycles. The highest BCUT2D eigenvalue weighted by molar-refractivity contribution is 5.59. The van der Waals surface area contributed by atoms with Gasteiger partial charge in [-0.1, -0.05) is 0 Å². The van der Waals surface area contributed by atoms with E-state index in [0.717, 1.165) is 36.7 Å². The number of hydrogen-bond acceptors (Lipinski definition) is 4. The Bertz CT molecular complexity index is 558. The van der Waals surface area contributed by atoms with Crippen LogP contribution >= 0.6 is 0 Å². The van der Waals surface area contributed by atoms with Crippen LogP contribution in [0.5, 0.6) is 0 Å². The van der Waals surface area contributed by atoms with Crippen molar-refractivity contribution in [2.75, 3.05) is 18.5 Å². The summed E-state index contributed by atoms with van der Waals surface area (Å²) in [6, 6.07) is 8.76. The number of aromatic nitrogens is 3. The van der Waals surface area contributed by atoms with Crippen LogP contribution in [0.3, 0.4) is 0 Å². The lowest BCUT2D eigenvalue weighted by molar-refractivity contribution is 0.183. The minimum absolute atomic E-state index is 0.429. The van der Waals surface area contributed by atoms with Crippen molar-refractivity contribution in [1.29, 1.82) is 0 Å². The lowest BCUT2D eigenvalue weighted by atomic mass is 10.0. The van der Waals surface area contributed by atoms with Gasteiger partial charge in [-0.25, -0.2) is 0 Å². The van der Waals surface area contributed by atoms with Crippen LogP contribution in [0.4, 0.5) is 5.69 Å². The molecule has 1 aliphatic heterocycles. The number of anilines is 1. The van der Waals surface area contributed by atoms with E-state index in [4.69, 9.17) is 4.74 Å². The molecule has 0 amide bonds. The van der Waals surface area contributed by atoms with Crippen molar-refractivity contribution in [3.05, 3.63) is 30.6 Å². The van der Waals surface area contributed by atoms with E-state index in [1.807, 2.05) is 11.6 Å². The second-order valence-corrected chi connectivity index (χ2v) is 5.40. The third-order valence-electron chi connectivity index (χ3n) is 3.92. The van der Waals surface area contributed by atoms with Gasteiger partial charge in [0, 0.05) is 36.9 Å². The molecule has 2 aromatic rings. The quantitative estimate of drug-likeness (QED) is 0.928. The first-order valence-corrected chi connectivity index (χ1v) is 7.03. The Morgan fingerprint density at radius 1 is 1.35 bits per heavy atom. The molecule has 0 bridgehead atoms. The maximum absolute atomic E-state index is 5.44. The second kappa shape index (κ2) is 5.63. The van der Waals surface area contributed by atoms with E-state index in [0.29, 0.717) is 12.0 Å². The van der Waals surface area contributed by atoms with Gasteiger partial charge in [0.15, 0.2) is 5.82 Å². The first-order valence-electron chi connectivity index (χ1n) is 7.03. The Balaban J connectivity index is 1.68. The molecule has 2 unspecified atom stereocenters. The summed E-state index contributed by atoms with van der Waals surface area (Å²) in [7, 11) is 1.95. The Morgan fingerprint density at radius 3 is 2.75 bits per heavy atom. The SMILES string of the molecule is CC(Nc1ccc(-c2nncn2C)cc1)C1CCOC1. The summed E-state index contributed by atoms with van der Waals surface area (Å²) in [6.07, 6.45) is 2.86. The maximum Gasteiger partial charge on any atom is 0.163 e. The molecule has 1 N–H and O–H groups in total. The molecule has 1 fully saturated rings. The summed E-state index contributed by atoms with van der Waals surface area (Å²) in [5.41, 5.74) is 2.21. The molecule has 0 radical (unpaired) electrons. The highest BCUT2D eigenvalue weighted by atomic mass is 16.5. The molecule has 1 aliphatic rings. The van der Waals surface area contributed by atoms with Crippen molar-refractivity contribution >= 4 is 5.69 Å². The predicted molar refractivity (Wildman–Crippen MR) is 78.4 cm³/mol. The molecule has 1 aromatic carbocycles. The summed E-state index contributed by atoms with van der Waals surface area (Å²) in [5.74, 6) is 1.49. The lowest BCUT2D eigenvalue weighted by Gasteiger charge is -2.20. The third kappa shape index (κ3) is 2.67. The molecule has 106 valence electrons. The van der Waals surface area contributed by atoms with E-state index in [-0.39, 0.29) is 0 Å². The van der Waals surface area contributed by atoms with Gasteiger partial charge in [-0.2, -0.15) is 0 Å². The van der Waals surface area contributed by atoms with Crippen molar-refractivity contribution in [2.45, 2.75) is 19.4 Å². The van der Waals surface area contributed by atoms with Crippen molar-refractivity contribution in [3.8, 4) is 11.4 Å². The topological polar surface area (TPSA) is 52.0 Å². The molecular weight excluding hydrogens is 252 g/mol. The summed E-state index contributed by atoms with van der Waals surface area (Å²) in [6.45, 7) is 3.98. The number of aryl methyl sites for hydroxylation is 1. The van der Waals surface area contributed by atoms with Crippen molar-refractivity contribution < 1.29 is 4.74 Å². The molecule has 2 heterocycles. The van der Waals surface area contributed by atoms with E-state index in [1.54, 1.807) is 6.33 Å². The van der Waals surface area contributed by atoms with Gasteiger partial charge in [0.1, 0.15) is 6.33 Å². The zero-order valence-electron chi connectivity index (χ0n) is 11.9. The molecule has 3 rings (SSSR count). The van der Waals surface area contributed by atoms with Crippen LogP contribution in [-0.4, -0.2) is 34.0 Å². The molecule has 5 nitrogen and oxygen atoms in total. The number of nitrogens with one attached hydrogen (secondary N) is 1. The normalized spacial score (nSPS) is 20.0. The van der Waals surface area contributed by atoms with Crippen molar-refractivity contribution in [3.63, 3.8) is 0 Å². The fourth-order valence-corrected chi connectivity index (χ4v) is 2.59. The summed E-state index contributed by atoms with van der Waals surface area (Å²) < 4.78 is 7.36. The number of nitrogens with zero attached hydrogens (tertiary/aromatic N) is 3. The minimum atomic E-state index is 0.429. The molecular formula is C15H20N4O. The summed E-state index contributed by atoms with van der Waals surface area (Å²) in [5, 5.41) is 11.6. The first kappa shape index (κ1) is 13.1. The largest absolute Gasteiger partial charge is 0.382 e. The second-order valence-electron chi connectivity index (χ2n) is 5.40. The molecule has 2 atom stereocenters. The van der Waals surface area contributed by atoms with Gasteiger partial charge in [0.2, 0.25) is 0 Å². The predicted octanol–water partition coefficient (Wildman–Crippen LogP) is 2.32. The number of benzene rings is 1. The van der Waals surface area contributed by atoms with Gasteiger partial charge in [-0.05, 0) is 37.6 Å². The molecule has 0 aliphatic carbocycles. The smallest absolute Gasteiger partial charge is 0.163 e. The molecule has 1 saturated heterocycles. The monoisotopic (exact) mass is 272 g/mol. The lowest BCUT2D eigenvalue weighted by Crippen LogP contribution is -2.26. The van der Waals surface area contributed by atoms with Crippen LogP contribution in [0.1, 0.15) is 13.3 Å². The third-order valence-corrected chi connectivity index (χ3v) is 3.92. The highest BCUT2D eigenvalue weighted by Gasteiger charge is 2.22. The summed E-state index contributed by atoms with van der Waals surface area (Å²) in [4.78, 5) is 0. The molecule has 5 heteroatoms. The average molecular weight is 272 g/mol. The summed E-state index contributed by atoms with van der Waals surface area (Å²) >= 11 is 0. The standard InChI is InChI=1S/C15H20N4O/c1-11(13-7-8-20-9-13)17-14-5-3-12(4-6-14)15-18-16-10-19(15)2/h3-6,10-11,13,17H,7-9H2,1-2H3. The van der Waals surface area contributed by atoms with Crippen LogP contribution in [0.2, 0.25) is 0 Å². The van der Waals surface area contributed by atoms with Gasteiger partial charge >= 0.3 is 0 Å². The fourth-order valence-electron chi connectivity index (χ4n) is 2.59. The number of ether oxygens (including phenoxy) is 1. The van der Waals surface area contributed by atoms with Crippen LogP contribution in [0.25, 0.3) is 11.4 Å². The van der Waals surface area contributed by atoms with Crippen LogP contribution in [0.15, 0.2) is 30.6 Å². The van der Waals surface area contributed by atoms with E-state index in [9.17, 15) is 0 Å². The van der Waals surface area contributed by atoms with Gasteiger partial charge in [-0.15, -0.1) is 10.2 Å². The zero-order valence-corrected chi connectivity index (χ0v) is 11.9. The minimum Gasteiger partial charge on any atom is -0.382 e. The van der Waals surface area contributed by atoms with Gasteiger partial charge in [0.05, 0.1) is 6.61 Å². The Morgan fingerprint density at radius 2 is 2.15 bits per heavy atom. The molecule has 1 aromatic heterocycles. The Kier molecular flexibility index (Phi) is 3.69. The fraction of sp³-hybridized carbons (Fsp3) is 0.467. The van der Waals surface area contributed by atoms with E-state index >= 15 is 0 Å². The Labute approximate surface area is 119 Å². The van der Waals surface area contributed by atoms with Crippen molar-refractivity contribution in [2.24, 2.45) is 13.0 Å². The van der Waals surface area contributed by atoms with Crippen LogP contribution in [0, 0.1) is 5.92 Å². The first-order chi connectivity index (χ1) is 9.74. The molecule has 0 spiro atoms. The van der Waals surface area contributed by atoms with E-state index in [2.05, 4.69) is 46.7 Å². The van der Waals surface area contributed by atoms with Gasteiger partial charge in [-0.3, -0.25) is 0 Å². The Hall–Kier alpha value is -1.88. The number of rotatable bonds is 4. The van der Waals surface area contributed by atoms with E-state index in [1.165, 1.54) is 0 Å². The zero-order chi connectivity index (χ0) is 13.9. The van der Waals surface area contributed by atoms with Gasteiger partial charge in [0.25, 0.3) is 0 Å². The van der Waals surface area contributed by atoms with Crippen molar-refractivity contribution in [1.82, 2.24) is 14.8 Å². The van der Waals surface area contributed by atoms with Crippen LogP contribution < -0.4 is 5.32 Å². The van der Waals surface area contributed by atoms with Crippen LogP contribution in [-0.2, 0) is 11.8 Å². The molecule has 20 heavy (non-hydrogen) atoms. The highest BCUT2D eigenvalue weighted by Crippen LogP contribution is 2.22. The maximum atomic E-state index is 5.44. The van der Waals surface area contributed by atoms with E-state index < -0.39 is 0 Å². The average Bonchev–Trinajstić information content (AvgIpc) is 3.11. The van der Waals surface area contributed by atoms with Gasteiger partial charge < -0.3 is 14.6 Å².